The van der Waals surface area contributed by atoms with E-state index in [0.29, 0.717) is 6.42 Å². The second-order valence-electron chi connectivity index (χ2n) is 6.19. The molecule has 0 unspecified atom stereocenters. The van der Waals surface area contributed by atoms with Gasteiger partial charge in [-0.2, -0.15) is 0 Å². The number of carbonyl (C=O) groups excluding carboxylic acids is 1. The van der Waals surface area contributed by atoms with Crippen LogP contribution in [0.15, 0.2) is 54.6 Å². The highest BCUT2D eigenvalue weighted by molar-refractivity contribution is 6.27. The summed E-state index contributed by atoms with van der Waals surface area (Å²) in [6.07, 6.45) is 0.397. The predicted molar refractivity (Wildman–Crippen MR) is 92.9 cm³/mol. The molecule has 0 saturated heterocycles. The molecule has 4 aromatic carbocycles. The highest BCUT2D eigenvalue weighted by atomic mass is 16.3. The summed E-state index contributed by atoms with van der Waals surface area (Å²) >= 11 is 0. The van der Waals surface area contributed by atoms with Crippen molar-refractivity contribution in [3.63, 3.8) is 0 Å². The molecule has 110 valence electrons. The first kappa shape index (κ1) is 12.8. The van der Waals surface area contributed by atoms with Gasteiger partial charge in [-0.05, 0) is 49.5 Å². The van der Waals surface area contributed by atoms with E-state index < -0.39 is 0 Å². The lowest BCUT2D eigenvalue weighted by Gasteiger charge is -2.10. The third-order valence-corrected chi connectivity index (χ3v) is 5.02. The largest absolute Gasteiger partial charge is 0.392 e. The predicted octanol–water partition coefficient (Wildman–Crippen LogP) is 4.38. The molecule has 0 radical (unpaired) electrons. The van der Waals surface area contributed by atoms with Crippen molar-refractivity contribution in [2.45, 2.75) is 13.0 Å². The average Bonchev–Trinajstić information content (AvgIpc) is 2.94. The summed E-state index contributed by atoms with van der Waals surface area (Å²) in [4.78, 5) is 12.7. The van der Waals surface area contributed by atoms with Gasteiger partial charge in [0.15, 0.2) is 5.78 Å². The highest BCUT2D eigenvalue weighted by Gasteiger charge is 2.26. The summed E-state index contributed by atoms with van der Waals surface area (Å²) in [6.45, 7) is -0.0201. The quantitative estimate of drug-likeness (QED) is 0.418. The number of hydrogen-bond donors (Lipinski definition) is 1. The van der Waals surface area contributed by atoms with Gasteiger partial charge in [-0.3, -0.25) is 4.79 Å². The fourth-order valence-electron chi connectivity index (χ4n) is 3.97. The Kier molecular flexibility index (Phi) is 2.45. The van der Waals surface area contributed by atoms with Gasteiger partial charge in [-0.1, -0.05) is 48.5 Å². The van der Waals surface area contributed by atoms with Gasteiger partial charge in [0, 0.05) is 12.0 Å². The minimum Gasteiger partial charge on any atom is -0.392 e. The van der Waals surface area contributed by atoms with E-state index in [0.717, 1.165) is 38.2 Å². The summed E-state index contributed by atoms with van der Waals surface area (Å²) in [5.41, 5.74) is 2.69. The van der Waals surface area contributed by atoms with Crippen molar-refractivity contribution in [3.05, 3.63) is 71.3 Å². The summed E-state index contributed by atoms with van der Waals surface area (Å²) in [7, 11) is 0. The number of aliphatic hydroxyl groups excluding tert-OH is 1. The number of Topliss-reactive ketones (excluding diaryl/α,β-unsaturated/α-hetero) is 1. The minimum atomic E-state index is -0.0201. The summed E-state index contributed by atoms with van der Waals surface area (Å²) in [5, 5.41) is 16.2. The first-order valence-electron chi connectivity index (χ1n) is 7.81. The summed E-state index contributed by atoms with van der Waals surface area (Å²) in [6, 6.07) is 18.6. The molecule has 0 amide bonds. The van der Waals surface area contributed by atoms with Crippen molar-refractivity contribution in [1.29, 1.82) is 0 Å². The molecule has 0 bridgehead atoms. The van der Waals surface area contributed by atoms with Crippen molar-refractivity contribution in [2.24, 2.45) is 0 Å². The Labute approximate surface area is 133 Å². The molecule has 1 aliphatic rings. The molecule has 2 nitrogen and oxygen atoms in total. The van der Waals surface area contributed by atoms with E-state index in [9.17, 15) is 9.90 Å². The monoisotopic (exact) mass is 298 g/mol. The van der Waals surface area contributed by atoms with Crippen LogP contribution in [0.1, 0.15) is 21.5 Å². The van der Waals surface area contributed by atoms with Gasteiger partial charge < -0.3 is 5.11 Å². The minimum absolute atomic E-state index is 0.0201. The van der Waals surface area contributed by atoms with Crippen LogP contribution < -0.4 is 0 Å². The fraction of sp³-hybridized carbons (Fsp3) is 0.0952. The maximum absolute atomic E-state index is 12.7. The number of hydrogen-bond acceptors (Lipinski definition) is 2. The lowest BCUT2D eigenvalue weighted by Crippen LogP contribution is -1.97. The molecule has 2 heteroatoms. The van der Waals surface area contributed by atoms with Crippen molar-refractivity contribution in [3.8, 4) is 0 Å². The van der Waals surface area contributed by atoms with Crippen LogP contribution in [-0.2, 0) is 13.0 Å². The Morgan fingerprint density at radius 1 is 0.870 bits per heavy atom. The van der Waals surface area contributed by atoms with E-state index in [4.69, 9.17) is 0 Å². The molecule has 5 rings (SSSR count). The second kappa shape index (κ2) is 4.40. The normalized spacial score (nSPS) is 13.5. The average molecular weight is 298 g/mol. The number of carbonyl (C=O) groups is 1. The van der Waals surface area contributed by atoms with Crippen LogP contribution in [0.3, 0.4) is 0 Å². The Morgan fingerprint density at radius 3 is 2.57 bits per heavy atom. The van der Waals surface area contributed by atoms with Crippen molar-refractivity contribution >= 4 is 38.1 Å². The van der Waals surface area contributed by atoms with Gasteiger partial charge >= 0.3 is 0 Å². The van der Waals surface area contributed by atoms with E-state index in [-0.39, 0.29) is 12.4 Å². The van der Waals surface area contributed by atoms with Gasteiger partial charge in [0.2, 0.25) is 0 Å². The van der Waals surface area contributed by atoms with E-state index in [1.54, 1.807) is 0 Å². The van der Waals surface area contributed by atoms with Crippen LogP contribution >= 0.6 is 0 Å². The zero-order valence-electron chi connectivity index (χ0n) is 12.5. The molecule has 4 aromatic rings. The van der Waals surface area contributed by atoms with Crippen LogP contribution in [0, 0.1) is 0 Å². The first-order valence-corrected chi connectivity index (χ1v) is 7.81. The summed E-state index contributed by atoms with van der Waals surface area (Å²) in [5.74, 6) is 0.159. The van der Waals surface area contributed by atoms with E-state index in [1.165, 1.54) is 10.8 Å². The van der Waals surface area contributed by atoms with Crippen molar-refractivity contribution in [1.82, 2.24) is 0 Å². The Hall–Kier alpha value is -2.71. The molecule has 0 heterocycles. The number of fused-ring (bicyclic) bond motifs is 4. The molecule has 0 fully saturated rings. The standard InChI is InChI=1S/C21H14O2/c22-11-14-6-5-13-9-18-15-4-2-1-3-12(15)7-8-16(18)21-19(23)10-17(14)20(13)21/h1-9,22H,10-11H2. The molecule has 0 saturated carbocycles. The van der Waals surface area contributed by atoms with Gasteiger partial charge in [-0.25, -0.2) is 0 Å². The van der Waals surface area contributed by atoms with Gasteiger partial charge in [-0.15, -0.1) is 0 Å². The molecule has 0 aliphatic heterocycles. The molecule has 23 heavy (non-hydrogen) atoms. The Morgan fingerprint density at radius 2 is 1.70 bits per heavy atom. The van der Waals surface area contributed by atoms with Crippen LogP contribution in [0.2, 0.25) is 0 Å². The SMILES string of the molecule is O=C1Cc2c(CO)ccc3cc4c(ccc5ccccc54)c1c23. The topological polar surface area (TPSA) is 37.3 Å². The lowest BCUT2D eigenvalue weighted by molar-refractivity contribution is 0.100. The van der Waals surface area contributed by atoms with E-state index >= 15 is 0 Å². The maximum Gasteiger partial charge on any atom is 0.168 e. The van der Waals surface area contributed by atoms with Gasteiger partial charge in [0.05, 0.1) is 6.61 Å². The molecule has 0 aromatic heterocycles. The van der Waals surface area contributed by atoms with E-state index in [2.05, 4.69) is 30.3 Å². The van der Waals surface area contributed by atoms with Crippen molar-refractivity contribution < 1.29 is 9.90 Å². The maximum atomic E-state index is 12.7. The van der Waals surface area contributed by atoms with Crippen LogP contribution in [-0.4, -0.2) is 10.9 Å². The molecular formula is C21H14O2. The van der Waals surface area contributed by atoms with Crippen LogP contribution in [0.25, 0.3) is 32.3 Å². The zero-order chi connectivity index (χ0) is 15.6. The Balaban J connectivity index is 2.06. The number of benzene rings is 4. The zero-order valence-corrected chi connectivity index (χ0v) is 12.5. The second-order valence-corrected chi connectivity index (χ2v) is 6.19. The Bertz CT molecular complexity index is 1140. The smallest absolute Gasteiger partial charge is 0.168 e. The molecule has 1 N–H and O–H groups in total. The molecular weight excluding hydrogens is 284 g/mol. The number of aliphatic hydroxyl groups is 1. The third kappa shape index (κ3) is 1.59. The van der Waals surface area contributed by atoms with E-state index in [1.807, 2.05) is 24.3 Å². The lowest BCUT2D eigenvalue weighted by atomic mass is 9.93. The molecule has 1 aliphatic carbocycles. The molecule has 0 atom stereocenters. The fourth-order valence-corrected chi connectivity index (χ4v) is 3.97. The highest BCUT2D eigenvalue weighted by Crippen LogP contribution is 2.40. The first-order chi connectivity index (χ1) is 11.3. The molecule has 0 spiro atoms. The van der Waals surface area contributed by atoms with Gasteiger partial charge in [0.1, 0.15) is 0 Å². The summed E-state index contributed by atoms with van der Waals surface area (Å²) < 4.78 is 0. The third-order valence-electron chi connectivity index (χ3n) is 5.02. The number of ketones is 1. The van der Waals surface area contributed by atoms with Crippen molar-refractivity contribution in [2.75, 3.05) is 0 Å². The number of rotatable bonds is 1. The van der Waals surface area contributed by atoms with Crippen LogP contribution in [0.4, 0.5) is 0 Å². The van der Waals surface area contributed by atoms with Gasteiger partial charge in [0.25, 0.3) is 0 Å². The van der Waals surface area contributed by atoms with Crippen LogP contribution in [0.5, 0.6) is 0 Å².